The zero-order chi connectivity index (χ0) is 16.2. The summed E-state index contributed by atoms with van der Waals surface area (Å²) in [5.74, 6) is 0.165. The van der Waals surface area contributed by atoms with Gasteiger partial charge in [-0.2, -0.15) is 0 Å². The third kappa shape index (κ3) is 3.72. The number of hydrogen-bond acceptors (Lipinski definition) is 4. The maximum atomic E-state index is 12.3. The third-order valence-corrected chi connectivity index (χ3v) is 4.50. The van der Waals surface area contributed by atoms with E-state index in [1.807, 2.05) is 0 Å². The van der Waals surface area contributed by atoms with Crippen molar-refractivity contribution in [2.24, 2.45) is 0 Å². The smallest absolute Gasteiger partial charge is 0.349 e. The third-order valence-electron chi connectivity index (χ3n) is 4.50. The molecule has 1 N–H and O–H groups in total. The standard InChI is InChI=1S/C18H23NO4/c1-12-10-15(14-8-5-9-22-14)23-18(21)16(12)17(20)19-11-13-6-3-2-4-7-13/h6,10,14H,2-5,7-9,11H2,1H3,(H,19,20). The molecule has 23 heavy (non-hydrogen) atoms. The van der Waals surface area contributed by atoms with Gasteiger partial charge in [0.15, 0.2) is 0 Å². The Morgan fingerprint density at radius 3 is 2.87 bits per heavy atom. The first-order chi connectivity index (χ1) is 11.1. The SMILES string of the molecule is Cc1cc(C2CCCO2)oc(=O)c1C(=O)NCC1=CCCCC1. The van der Waals surface area contributed by atoms with E-state index in [0.29, 0.717) is 24.5 Å². The van der Waals surface area contributed by atoms with Crippen molar-refractivity contribution in [2.45, 2.75) is 51.6 Å². The van der Waals surface area contributed by atoms with Gasteiger partial charge >= 0.3 is 5.63 Å². The van der Waals surface area contributed by atoms with Crippen LogP contribution in [0.5, 0.6) is 0 Å². The summed E-state index contributed by atoms with van der Waals surface area (Å²) in [6.45, 7) is 2.96. The fraction of sp³-hybridized carbons (Fsp3) is 0.556. The lowest BCUT2D eigenvalue weighted by Gasteiger charge is -2.14. The molecule has 0 spiro atoms. The van der Waals surface area contributed by atoms with Crippen molar-refractivity contribution in [1.29, 1.82) is 0 Å². The molecule has 5 nitrogen and oxygen atoms in total. The Hall–Kier alpha value is -1.88. The molecule has 1 aromatic heterocycles. The van der Waals surface area contributed by atoms with E-state index in [1.165, 1.54) is 18.4 Å². The molecule has 0 saturated carbocycles. The Morgan fingerprint density at radius 2 is 2.22 bits per heavy atom. The van der Waals surface area contributed by atoms with E-state index >= 15 is 0 Å². The molecule has 1 aliphatic carbocycles. The van der Waals surface area contributed by atoms with Crippen molar-refractivity contribution in [2.75, 3.05) is 13.2 Å². The van der Waals surface area contributed by atoms with Gasteiger partial charge in [-0.1, -0.05) is 11.6 Å². The molecule has 1 fully saturated rings. The zero-order valence-electron chi connectivity index (χ0n) is 13.5. The first-order valence-electron chi connectivity index (χ1n) is 8.37. The van der Waals surface area contributed by atoms with Crippen molar-refractivity contribution in [3.8, 4) is 0 Å². The quantitative estimate of drug-likeness (QED) is 0.867. The highest BCUT2D eigenvalue weighted by molar-refractivity contribution is 5.95. The van der Waals surface area contributed by atoms with Crippen molar-refractivity contribution in [3.05, 3.63) is 45.0 Å². The average molecular weight is 317 g/mol. The molecule has 124 valence electrons. The van der Waals surface area contributed by atoms with Gasteiger partial charge in [-0.3, -0.25) is 4.79 Å². The number of amides is 1. The van der Waals surface area contributed by atoms with Crippen LogP contribution >= 0.6 is 0 Å². The summed E-state index contributed by atoms with van der Waals surface area (Å²) in [6, 6.07) is 1.76. The van der Waals surface area contributed by atoms with Crippen LogP contribution in [0.4, 0.5) is 0 Å². The monoisotopic (exact) mass is 317 g/mol. The summed E-state index contributed by atoms with van der Waals surface area (Å²) in [7, 11) is 0. The summed E-state index contributed by atoms with van der Waals surface area (Å²) in [5, 5.41) is 2.84. The highest BCUT2D eigenvalue weighted by Crippen LogP contribution is 2.28. The molecule has 2 heterocycles. The van der Waals surface area contributed by atoms with Crippen LogP contribution in [0.1, 0.15) is 66.3 Å². The predicted octanol–water partition coefficient (Wildman–Crippen LogP) is 3.03. The van der Waals surface area contributed by atoms with Crippen LogP contribution in [0.15, 0.2) is 26.9 Å². The first kappa shape index (κ1) is 16.0. The topological polar surface area (TPSA) is 68.5 Å². The average Bonchev–Trinajstić information content (AvgIpc) is 3.07. The maximum Gasteiger partial charge on any atom is 0.349 e. The van der Waals surface area contributed by atoms with E-state index in [2.05, 4.69) is 11.4 Å². The lowest BCUT2D eigenvalue weighted by Crippen LogP contribution is -2.31. The van der Waals surface area contributed by atoms with Gasteiger partial charge in [0.1, 0.15) is 17.4 Å². The number of ether oxygens (including phenoxy) is 1. The second-order valence-corrected chi connectivity index (χ2v) is 6.29. The highest BCUT2D eigenvalue weighted by Gasteiger charge is 2.24. The van der Waals surface area contributed by atoms with E-state index in [-0.39, 0.29) is 17.6 Å². The van der Waals surface area contributed by atoms with Crippen LogP contribution in [-0.4, -0.2) is 19.1 Å². The van der Waals surface area contributed by atoms with Crippen molar-refractivity contribution in [1.82, 2.24) is 5.32 Å². The maximum absolute atomic E-state index is 12.3. The van der Waals surface area contributed by atoms with Crippen LogP contribution in [0.25, 0.3) is 0 Å². The minimum absolute atomic E-state index is 0.100. The van der Waals surface area contributed by atoms with E-state index in [1.54, 1.807) is 13.0 Å². The molecule has 3 rings (SSSR count). The Balaban J connectivity index is 1.72. The second-order valence-electron chi connectivity index (χ2n) is 6.29. The number of hydrogen-bond donors (Lipinski definition) is 1. The Bertz CT molecular complexity index is 668. The predicted molar refractivity (Wildman–Crippen MR) is 86.5 cm³/mol. The molecule has 1 aromatic rings. The number of carbonyl (C=O) groups is 1. The van der Waals surface area contributed by atoms with Gasteiger partial charge in [0.25, 0.3) is 5.91 Å². The second kappa shape index (κ2) is 7.13. The minimum atomic E-state index is -0.578. The molecule has 0 bridgehead atoms. The zero-order valence-corrected chi connectivity index (χ0v) is 13.5. The van der Waals surface area contributed by atoms with Gasteiger partial charge in [0.2, 0.25) is 0 Å². The van der Waals surface area contributed by atoms with Crippen LogP contribution in [0.2, 0.25) is 0 Å². The van der Waals surface area contributed by atoms with Crippen LogP contribution < -0.4 is 10.9 Å². The molecule has 1 amide bonds. The molecular formula is C18H23NO4. The van der Waals surface area contributed by atoms with Gasteiger partial charge in [-0.05, 0) is 57.1 Å². The van der Waals surface area contributed by atoms with E-state index in [0.717, 1.165) is 25.7 Å². The fourth-order valence-corrected chi connectivity index (χ4v) is 3.21. The Morgan fingerprint density at radius 1 is 1.35 bits per heavy atom. The largest absolute Gasteiger partial charge is 0.424 e. The van der Waals surface area contributed by atoms with Crippen LogP contribution in [0, 0.1) is 6.92 Å². The van der Waals surface area contributed by atoms with Crippen LogP contribution in [0.3, 0.4) is 0 Å². The van der Waals surface area contributed by atoms with Gasteiger partial charge in [0, 0.05) is 13.2 Å². The van der Waals surface area contributed by atoms with Crippen molar-refractivity contribution >= 4 is 5.91 Å². The molecule has 1 atom stereocenters. The Kier molecular flexibility index (Phi) is 4.96. The number of nitrogens with one attached hydrogen (secondary N) is 1. The lowest BCUT2D eigenvalue weighted by atomic mass is 9.99. The molecule has 0 radical (unpaired) electrons. The van der Waals surface area contributed by atoms with Crippen molar-refractivity contribution in [3.63, 3.8) is 0 Å². The van der Waals surface area contributed by atoms with E-state index in [9.17, 15) is 9.59 Å². The fourth-order valence-electron chi connectivity index (χ4n) is 3.21. The summed E-state index contributed by atoms with van der Waals surface area (Å²) in [5.41, 5.74) is 1.40. The van der Waals surface area contributed by atoms with E-state index < -0.39 is 5.63 Å². The lowest BCUT2D eigenvalue weighted by molar-refractivity contribution is 0.0884. The van der Waals surface area contributed by atoms with Gasteiger partial charge in [-0.15, -0.1) is 0 Å². The van der Waals surface area contributed by atoms with Crippen molar-refractivity contribution < 1.29 is 13.9 Å². The van der Waals surface area contributed by atoms with Crippen LogP contribution in [-0.2, 0) is 4.74 Å². The molecule has 2 aliphatic rings. The summed E-state index contributed by atoms with van der Waals surface area (Å²) >= 11 is 0. The van der Waals surface area contributed by atoms with Gasteiger partial charge in [-0.25, -0.2) is 4.79 Å². The first-order valence-corrected chi connectivity index (χ1v) is 8.37. The van der Waals surface area contributed by atoms with Gasteiger partial charge < -0.3 is 14.5 Å². The molecule has 1 unspecified atom stereocenters. The van der Waals surface area contributed by atoms with Gasteiger partial charge in [0.05, 0.1) is 0 Å². The molecule has 5 heteroatoms. The normalized spacial score (nSPS) is 21.1. The molecule has 0 aromatic carbocycles. The van der Waals surface area contributed by atoms with E-state index in [4.69, 9.17) is 9.15 Å². The Labute approximate surface area is 135 Å². The molecule has 1 saturated heterocycles. The summed E-state index contributed by atoms with van der Waals surface area (Å²) in [6.07, 6.45) is 8.30. The number of allylic oxidation sites excluding steroid dienone is 1. The minimum Gasteiger partial charge on any atom is -0.424 e. The molecule has 1 aliphatic heterocycles. The molecular weight excluding hydrogens is 294 g/mol. The highest BCUT2D eigenvalue weighted by atomic mass is 16.5. The summed E-state index contributed by atoms with van der Waals surface area (Å²) < 4.78 is 10.9. The number of rotatable bonds is 4. The number of carbonyl (C=O) groups excluding carboxylic acids is 1. The summed E-state index contributed by atoms with van der Waals surface area (Å²) in [4.78, 5) is 24.5. The number of aryl methyl sites for hydroxylation is 1.